The Hall–Kier alpha value is -3.59. The second kappa shape index (κ2) is 9.50. The largest absolute Gasteiger partial charge is 0.416 e. The van der Waals surface area contributed by atoms with Crippen molar-refractivity contribution in [2.75, 3.05) is 11.1 Å². The summed E-state index contributed by atoms with van der Waals surface area (Å²) in [6, 6.07) is 21.9. The van der Waals surface area contributed by atoms with E-state index in [4.69, 9.17) is 0 Å². The fourth-order valence-electron chi connectivity index (χ4n) is 3.24. The van der Waals surface area contributed by atoms with E-state index in [-0.39, 0.29) is 11.4 Å². The van der Waals surface area contributed by atoms with E-state index < -0.39 is 17.6 Å². The monoisotopic (exact) mass is 468 g/mol. The molecule has 168 valence electrons. The predicted molar refractivity (Wildman–Crippen MR) is 122 cm³/mol. The number of aryl methyl sites for hydroxylation is 1. The number of hydrogen-bond acceptors (Lipinski definition) is 4. The Kier molecular flexibility index (Phi) is 6.50. The first-order valence-corrected chi connectivity index (χ1v) is 11.0. The van der Waals surface area contributed by atoms with Gasteiger partial charge in [-0.1, -0.05) is 60.3 Å². The van der Waals surface area contributed by atoms with E-state index >= 15 is 0 Å². The van der Waals surface area contributed by atoms with Gasteiger partial charge in [0.2, 0.25) is 5.91 Å². The molecular weight excluding hydrogens is 449 g/mol. The van der Waals surface area contributed by atoms with Crippen molar-refractivity contribution in [2.45, 2.75) is 18.3 Å². The molecule has 33 heavy (non-hydrogen) atoms. The average molecular weight is 469 g/mol. The molecule has 0 aliphatic carbocycles. The summed E-state index contributed by atoms with van der Waals surface area (Å²) in [5.41, 5.74) is 2.03. The average Bonchev–Trinajstić information content (AvgIpc) is 3.22. The van der Waals surface area contributed by atoms with Gasteiger partial charge in [0.25, 0.3) is 0 Å². The Morgan fingerprint density at radius 3 is 2.45 bits per heavy atom. The summed E-state index contributed by atoms with van der Waals surface area (Å²) in [6.45, 7) is 1.98. The number of thioether (sulfide) groups is 1. The van der Waals surface area contributed by atoms with Gasteiger partial charge in [-0.3, -0.25) is 9.36 Å². The fourth-order valence-corrected chi connectivity index (χ4v) is 3.99. The molecule has 0 atom stereocenters. The van der Waals surface area contributed by atoms with Crippen LogP contribution in [0.4, 0.5) is 18.9 Å². The summed E-state index contributed by atoms with van der Waals surface area (Å²) in [4.78, 5) is 12.5. The highest BCUT2D eigenvalue weighted by Gasteiger charge is 2.30. The summed E-state index contributed by atoms with van der Waals surface area (Å²) in [7, 11) is 0. The highest BCUT2D eigenvalue weighted by atomic mass is 32.2. The molecule has 1 amide bonds. The van der Waals surface area contributed by atoms with Gasteiger partial charge in [0.05, 0.1) is 11.3 Å². The van der Waals surface area contributed by atoms with Gasteiger partial charge < -0.3 is 5.32 Å². The van der Waals surface area contributed by atoms with Gasteiger partial charge in [-0.15, -0.1) is 10.2 Å². The lowest BCUT2D eigenvalue weighted by molar-refractivity contribution is -0.137. The van der Waals surface area contributed by atoms with Crippen molar-refractivity contribution in [3.63, 3.8) is 0 Å². The number of amides is 1. The van der Waals surface area contributed by atoms with Crippen LogP contribution in [0.5, 0.6) is 0 Å². The summed E-state index contributed by atoms with van der Waals surface area (Å²) >= 11 is 1.16. The molecule has 0 radical (unpaired) electrons. The van der Waals surface area contributed by atoms with Gasteiger partial charge in [-0.2, -0.15) is 13.2 Å². The van der Waals surface area contributed by atoms with Crippen molar-refractivity contribution >= 4 is 23.4 Å². The first-order valence-electron chi connectivity index (χ1n) is 9.99. The van der Waals surface area contributed by atoms with Gasteiger partial charge in [-0.25, -0.2) is 0 Å². The van der Waals surface area contributed by atoms with Crippen LogP contribution in [0.15, 0.2) is 84.0 Å². The van der Waals surface area contributed by atoms with Crippen LogP contribution in [0.3, 0.4) is 0 Å². The normalized spacial score (nSPS) is 11.4. The van der Waals surface area contributed by atoms with E-state index in [1.165, 1.54) is 12.1 Å². The number of aromatic nitrogens is 3. The van der Waals surface area contributed by atoms with Crippen LogP contribution >= 0.6 is 11.8 Å². The Morgan fingerprint density at radius 1 is 0.970 bits per heavy atom. The fraction of sp³-hybridized carbons (Fsp3) is 0.125. The molecule has 1 heterocycles. The van der Waals surface area contributed by atoms with Crippen LogP contribution in [0, 0.1) is 6.92 Å². The minimum absolute atomic E-state index is 0.0466. The molecular formula is C24H19F3N4OS. The number of halogens is 3. The number of nitrogens with one attached hydrogen (secondary N) is 1. The van der Waals surface area contributed by atoms with Crippen molar-refractivity contribution in [2.24, 2.45) is 0 Å². The number of carbonyl (C=O) groups is 1. The lowest BCUT2D eigenvalue weighted by atomic mass is 10.2. The molecule has 0 saturated carbocycles. The molecule has 1 N–H and O–H groups in total. The molecule has 4 rings (SSSR count). The molecule has 4 aromatic rings. The highest BCUT2D eigenvalue weighted by Crippen LogP contribution is 2.31. The van der Waals surface area contributed by atoms with E-state index in [0.717, 1.165) is 40.7 Å². The van der Waals surface area contributed by atoms with Gasteiger partial charge >= 0.3 is 6.18 Å². The van der Waals surface area contributed by atoms with Gasteiger partial charge in [0, 0.05) is 16.9 Å². The molecule has 0 aliphatic rings. The lowest BCUT2D eigenvalue weighted by Crippen LogP contribution is -2.15. The zero-order valence-corrected chi connectivity index (χ0v) is 18.3. The molecule has 9 heteroatoms. The van der Waals surface area contributed by atoms with Gasteiger partial charge in [0.15, 0.2) is 11.0 Å². The maximum atomic E-state index is 12.9. The maximum Gasteiger partial charge on any atom is 0.416 e. The molecule has 5 nitrogen and oxygen atoms in total. The van der Waals surface area contributed by atoms with Crippen LogP contribution in [0.1, 0.15) is 11.1 Å². The quantitative estimate of drug-likeness (QED) is 0.353. The maximum absolute atomic E-state index is 12.9. The van der Waals surface area contributed by atoms with Gasteiger partial charge in [0.1, 0.15) is 0 Å². The Balaban J connectivity index is 1.56. The molecule has 0 unspecified atom stereocenters. The molecule has 1 aromatic heterocycles. The third-order valence-electron chi connectivity index (χ3n) is 4.73. The first-order chi connectivity index (χ1) is 15.8. The minimum Gasteiger partial charge on any atom is -0.325 e. The number of hydrogen-bond donors (Lipinski definition) is 1. The third kappa shape index (κ3) is 5.43. The summed E-state index contributed by atoms with van der Waals surface area (Å²) < 4.78 is 40.6. The zero-order valence-electron chi connectivity index (χ0n) is 17.5. The van der Waals surface area contributed by atoms with E-state index in [1.807, 2.05) is 66.1 Å². The number of carbonyl (C=O) groups excluding carboxylic acids is 1. The molecule has 0 saturated heterocycles. The van der Waals surface area contributed by atoms with Crippen LogP contribution in [-0.4, -0.2) is 26.4 Å². The van der Waals surface area contributed by atoms with Crippen molar-refractivity contribution in [3.05, 3.63) is 90.0 Å². The molecule has 0 bridgehead atoms. The van der Waals surface area contributed by atoms with Crippen LogP contribution in [0.2, 0.25) is 0 Å². The second-order valence-electron chi connectivity index (χ2n) is 7.26. The van der Waals surface area contributed by atoms with Crippen molar-refractivity contribution in [3.8, 4) is 17.1 Å². The van der Waals surface area contributed by atoms with E-state index in [9.17, 15) is 18.0 Å². The molecule has 0 aliphatic heterocycles. The Labute approximate surface area is 192 Å². The topological polar surface area (TPSA) is 59.8 Å². The van der Waals surface area contributed by atoms with Crippen LogP contribution in [-0.2, 0) is 11.0 Å². The predicted octanol–water partition coefficient (Wildman–Crippen LogP) is 5.99. The minimum atomic E-state index is -4.48. The van der Waals surface area contributed by atoms with Crippen molar-refractivity contribution in [1.82, 2.24) is 14.8 Å². The van der Waals surface area contributed by atoms with E-state index in [0.29, 0.717) is 11.0 Å². The SMILES string of the molecule is Cc1cccc(-n2c(SCC(=O)Nc3cccc(C(F)(F)F)c3)nnc2-c2ccccc2)c1. The van der Waals surface area contributed by atoms with Gasteiger partial charge in [-0.05, 0) is 42.8 Å². The standard InChI is InChI=1S/C24H19F3N4OS/c1-16-7-5-12-20(13-16)31-22(17-8-3-2-4-9-17)29-30-23(31)33-15-21(32)28-19-11-6-10-18(14-19)24(25,26)27/h2-14H,15H2,1H3,(H,28,32). The smallest absolute Gasteiger partial charge is 0.325 e. The molecule has 0 fully saturated rings. The first kappa shape index (κ1) is 22.6. The van der Waals surface area contributed by atoms with E-state index in [2.05, 4.69) is 15.5 Å². The third-order valence-corrected chi connectivity index (χ3v) is 5.66. The summed E-state index contributed by atoms with van der Waals surface area (Å²) in [6.07, 6.45) is -4.48. The molecule has 0 spiro atoms. The lowest BCUT2D eigenvalue weighted by Gasteiger charge is -2.12. The number of rotatable bonds is 6. The van der Waals surface area contributed by atoms with Crippen molar-refractivity contribution < 1.29 is 18.0 Å². The van der Waals surface area contributed by atoms with Crippen LogP contribution < -0.4 is 5.32 Å². The molecule has 3 aromatic carbocycles. The number of alkyl halides is 3. The highest BCUT2D eigenvalue weighted by molar-refractivity contribution is 7.99. The van der Waals surface area contributed by atoms with Crippen LogP contribution in [0.25, 0.3) is 17.1 Å². The second-order valence-corrected chi connectivity index (χ2v) is 8.20. The zero-order chi connectivity index (χ0) is 23.4. The van der Waals surface area contributed by atoms with Crippen molar-refractivity contribution in [1.29, 1.82) is 0 Å². The number of anilines is 1. The Bertz CT molecular complexity index is 1270. The number of nitrogens with zero attached hydrogens (tertiary/aromatic N) is 3. The summed E-state index contributed by atoms with van der Waals surface area (Å²) in [5.74, 6) is 0.135. The number of benzene rings is 3. The Morgan fingerprint density at radius 2 is 1.73 bits per heavy atom. The van der Waals surface area contributed by atoms with E-state index in [1.54, 1.807) is 0 Å². The summed E-state index contributed by atoms with van der Waals surface area (Å²) in [5, 5.41) is 11.6.